The fraction of sp³-hybridized carbons (Fsp3) is 0.625. The summed E-state index contributed by atoms with van der Waals surface area (Å²) in [7, 11) is 0. The standard InChI is InChI=1S/C16H25N/c1-11(2)17-10-14-6-8-16(14)15-7-5-12(3)9-13(15)4/h5,7,9,11,14,16-17H,6,8,10H2,1-4H3. The zero-order valence-corrected chi connectivity index (χ0v) is 11.6. The van der Waals surface area contributed by atoms with Gasteiger partial charge in [-0.3, -0.25) is 0 Å². The molecule has 17 heavy (non-hydrogen) atoms. The molecular weight excluding hydrogens is 206 g/mol. The fourth-order valence-corrected chi connectivity index (χ4v) is 2.85. The average Bonchev–Trinajstić information content (AvgIpc) is 2.20. The van der Waals surface area contributed by atoms with E-state index < -0.39 is 0 Å². The van der Waals surface area contributed by atoms with E-state index in [1.165, 1.54) is 30.5 Å². The predicted octanol–water partition coefficient (Wildman–Crippen LogP) is 3.80. The third kappa shape index (κ3) is 2.90. The Balaban J connectivity index is 2.02. The van der Waals surface area contributed by atoms with Gasteiger partial charge in [0.15, 0.2) is 0 Å². The first-order valence-electron chi connectivity index (χ1n) is 6.88. The lowest BCUT2D eigenvalue weighted by molar-refractivity contribution is 0.240. The van der Waals surface area contributed by atoms with E-state index >= 15 is 0 Å². The first-order chi connectivity index (χ1) is 8.08. The van der Waals surface area contributed by atoms with Crippen LogP contribution in [0.2, 0.25) is 0 Å². The molecule has 0 bridgehead atoms. The van der Waals surface area contributed by atoms with E-state index in [9.17, 15) is 0 Å². The number of nitrogens with one attached hydrogen (secondary N) is 1. The van der Waals surface area contributed by atoms with Crippen LogP contribution in [0.1, 0.15) is 49.3 Å². The highest BCUT2D eigenvalue weighted by Gasteiger charge is 2.32. The van der Waals surface area contributed by atoms with Gasteiger partial charge in [0, 0.05) is 6.04 Å². The molecule has 1 fully saturated rings. The number of benzene rings is 1. The molecule has 1 aromatic carbocycles. The minimum Gasteiger partial charge on any atom is -0.314 e. The summed E-state index contributed by atoms with van der Waals surface area (Å²) in [5, 5.41) is 3.58. The van der Waals surface area contributed by atoms with Gasteiger partial charge < -0.3 is 5.32 Å². The summed E-state index contributed by atoms with van der Waals surface area (Å²) < 4.78 is 0. The molecule has 2 unspecified atom stereocenters. The van der Waals surface area contributed by atoms with Crippen molar-refractivity contribution in [2.45, 2.75) is 52.5 Å². The van der Waals surface area contributed by atoms with Crippen molar-refractivity contribution >= 4 is 0 Å². The molecule has 1 aromatic rings. The molecule has 1 saturated carbocycles. The van der Waals surface area contributed by atoms with E-state index in [2.05, 4.69) is 51.2 Å². The maximum Gasteiger partial charge on any atom is 0.00104 e. The first-order valence-corrected chi connectivity index (χ1v) is 6.88. The summed E-state index contributed by atoms with van der Waals surface area (Å²) in [5.41, 5.74) is 4.43. The SMILES string of the molecule is Cc1ccc(C2CCC2CNC(C)C)c(C)c1. The number of aryl methyl sites for hydroxylation is 2. The summed E-state index contributed by atoms with van der Waals surface area (Å²) in [6.07, 6.45) is 2.76. The Labute approximate surface area is 106 Å². The molecule has 0 aromatic heterocycles. The van der Waals surface area contributed by atoms with Crippen LogP contribution in [0.25, 0.3) is 0 Å². The second-order valence-electron chi connectivity index (χ2n) is 5.87. The molecule has 2 atom stereocenters. The molecule has 2 rings (SSSR count). The zero-order chi connectivity index (χ0) is 12.4. The van der Waals surface area contributed by atoms with Crippen molar-refractivity contribution in [3.63, 3.8) is 0 Å². The molecule has 1 nitrogen and oxygen atoms in total. The van der Waals surface area contributed by atoms with Gasteiger partial charge in [-0.15, -0.1) is 0 Å². The summed E-state index contributed by atoms with van der Waals surface area (Å²) in [6, 6.07) is 7.53. The third-order valence-corrected chi connectivity index (χ3v) is 4.03. The van der Waals surface area contributed by atoms with Crippen LogP contribution in [0.3, 0.4) is 0 Å². The van der Waals surface area contributed by atoms with Gasteiger partial charge in [-0.25, -0.2) is 0 Å². The topological polar surface area (TPSA) is 12.0 Å². The maximum absolute atomic E-state index is 3.58. The van der Waals surface area contributed by atoms with Gasteiger partial charge >= 0.3 is 0 Å². The molecule has 0 heterocycles. The van der Waals surface area contributed by atoms with E-state index in [-0.39, 0.29) is 0 Å². The molecule has 0 saturated heterocycles. The second kappa shape index (κ2) is 5.22. The molecule has 1 aliphatic rings. The molecule has 1 heteroatoms. The monoisotopic (exact) mass is 231 g/mol. The molecule has 0 aliphatic heterocycles. The van der Waals surface area contributed by atoms with Crippen LogP contribution in [0.4, 0.5) is 0 Å². The largest absolute Gasteiger partial charge is 0.314 e. The van der Waals surface area contributed by atoms with Crippen LogP contribution in [-0.2, 0) is 0 Å². The van der Waals surface area contributed by atoms with Gasteiger partial charge in [0.1, 0.15) is 0 Å². The lowest BCUT2D eigenvalue weighted by Crippen LogP contribution is -2.37. The highest BCUT2D eigenvalue weighted by molar-refractivity contribution is 5.34. The first kappa shape index (κ1) is 12.6. The van der Waals surface area contributed by atoms with Crippen molar-refractivity contribution in [2.75, 3.05) is 6.54 Å². The fourth-order valence-electron chi connectivity index (χ4n) is 2.85. The van der Waals surface area contributed by atoms with Crippen molar-refractivity contribution in [3.8, 4) is 0 Å². The van der Waals surface area contributed by atoms with Crippen molar-refractivity contribution in [1.29, 1.82) is 0 Å². The summed E-state index contributed by atoms with van der Waals surface area (Å²) in [5.74, 6) is 1.64. The summed E-state index contributed by atoms with van der Waals surface area (Å²) >= 11 is 0. The Kier molecular flexibility index (Phi) is 3.88. The lowest BCUT2D eigenvalue weighted by Gasteiger charge is -2.38. The van der Waals surface area contributed by atoms with E-state index in [1.54, 1.807) is 5.56 Å². The van der Waals surface area contributed by atoms with Crippen molar-refractivity contribution in [1.82, 2.24) is 5.32 Å². The Hall–Kier alpha value is -0.820. The Morgan fingerprint density at radius 1 is 1.24 bits per heavy atom. The van der Waals surface area contributed by atoms with Crippen LogP contribution in [0.5, 0.6) is 0 Å². The second-order valence-corrected chi connectivity index (χ2v) is 5.87. The Morgan fingerprint density at radius 2 is 2.00 bits per heavy atom. The van der Waals surface area contributed by atoms with Crippen LogP contribution >= 0.6 is 0 Å². The smallest absolute Gasteiger partial charge is 0.00104 e. The minimum atomic E-state index is 0.607. The normalized spacial score (nSPS) is 23.8. The van der Waals surface area contributed by atoms with Crippen molar-refractivity contribution < 1.29 is 0 Å². The van der Waals surface area contributed by atoms with Gasteiger partial charge in [-0.2, -0.15) is 0 Å². The summed E-state index contributed by atoms with van der Waals surface area (Å²) in [6.45, 7) is 10.1. The van der Waals surface area contributed by atoms with Gasteiger partial charge in [-0.05, 0) is 56.2 Å². The molecule has 0 radical (unpaired) electrons. The average molecular weight is 231 g/mol. The molecule has 94 valence electrons. The van der Waals surface area contributed by atoms with E-state index in [1.807, 2.05) is 0 Å². The van der Waals surface area contributed by atoms with Crippen LogP contribution < -0.4 is 5.32 Å². The van der Waals surface area contributed by atoms with Crippen LogP contribution in [-0.4, -0.2) is 12.6 Å². The maximum atomic E-state index is 3.58. The molecule has 1 aliphatic carbocycles. The Bertz CT molecular complexity index is 381. The predicted molar refractivity (Wildman–Crippen MR) is 74.5 cm³/mol. The molecule has 0 spiro atoms. The highest BCUT2D eigenvalue weighted by atomic mass is 14.9. The quantitative estimate of drug-likeness (QED) is 0.831. The van der Waals surface area contributed by atoms with Gasteiger partial charge in [0.2, 0.25) is 0 Å². The van der Waals surface area contributed by atoms with E-state index in [4.69, 9.17) is 0 Å². The van der Waals surface area contributed by atoms with Gasteiger partial charge in [0.25, 0.3) is 0 Å². The zero-order valence-electron chi connectivity index (χ0n) is 11.6. The van der Waals surface area contributed by atoms with Gasteiger partial charge in [0.05, 0.1) is 0 Å². The Morgan fingerprint density at radius 3 is 2.53 bits per heavy atom. The van der Waals surface area contributed by atoms with Crippen molar-refractivity contribution in [3.05, 3.63) is 34.9 Å². The molecule has 0 amide bonds. The van der Waals surface area contributed by atoms with Crippen LogP contribution in [0, 0.1) is 19.8 Å². The third-order valence-electron chi connectivity index (χ3n) is 4.03. The van der Waals surface area contributed by atoms with E-state index in [0.29, 0.717) is 6.04 Å². The number of hydrogen-bond donors (Lipinski definition) is 1. The van der Waals surface area contributed by atoms with Gasteiger partial charge in [-0.1, -0.05) is 37.6 Å². The number of rotatable bonds is 4. The van der Waals surface area contributed by atoms with E-state index in [0.717, 1.165) is 11.8 Å². The van der Waals surface area contributed by atoms with Crippen molar-refractivity contribution in [2.24, 2.45) is 5.92 Å². The lowest BCUT2D eigenvalue weighted by atomic mass is 9.69. The highest BCUT2D eigenvalue weighted by Crippen LogP contribution is 2.43. The number of hydrogen-bond acceptors (Lipinski definition) is 1. The molecular formula is C16H25N. The molecule has 1 N–H and O–H groups in total. The van der Waals surface area contributed by atoms with Crippen LogP contribution in [0.15, 0.2) is 18.2 Å². The minimum absolute atomic E-state index is 0.607. The summed E-state index contributed by atoms with van der Waals surface area (Å²) in [4.78, 5) is 0.